The summed E-state index contributed by atoms with van der Waals surface area (Å²) in [6.07, 6.45) is 4.18. The molecule has 1 heterocycles. The minimum Gasteiger partial charge on any atom is -0.458 e. The van der Waals surface area contributed by atoms with E-state index >= 15 is 0 Å². The molecule has 108 valence electrons. The fraction of sp³-hybridized carbons (Fsp3) is 0.0625. The van der Waals surface area contributed by atoms with Crippen molar-refractivity contribution in [3.8, 4) is 11.3 Å². The number of ether oxygens (including phenoxy) is 1. The van der Waals surface area contributed by atoms with E-state index in [1.54, 1.807) is 24.3 Å². The average Bonchev–Trinajstić information content (AvgIpc) is 2.91. The summed E-state index contributed by atoms with van der Waals surface area (Å²) in [6.45, 7) is 3.59. The number of carbonyl (C=O) groups excluding carboxylic acids is 1. The van der Waals surface area contributed by atoms with Crippen molar-refractivity contribution in [1.29, 1.82) is 0 Å². The molecule has 0 unspecified atom stereocenters. The van der Waals surface area contributed by atoms with Crippen molar-refractivity contribution in [1.82, 2.24) is 0 Å². The van der Waals surface area contributed by atoms with E-state index < -0.39 is 5.97 Å². The molecule has 3 nitrogen and oxygen atoms in total. The molecule has 0 bridgehead atoms. The van der Waals surface area contributed by atoms with Crippen LogP contribution in [0.3, 0.4) is 0 Å². The Morgan fingerprint density at radius 2 is 2.19 bits per heavy atom. The maximum Gasteiger partial charge on any atom is 0.331 e. The van der Waals surface area contributed by atoms with E-state index in [1.807, 2.05) is 0 Å². The lowest BCUT2D eigenvalue weighted by molar-refractivity contribution is -0.136. The Hall–Kier alpha value is -2.14. The van der Waals surface area contributed by atoms with E-state index in [0.29, 0.717) is 21.6 Å². The highest BCUT2D eigenvalue weighted by Gasteiger charge is 2.09. The van der Waals surface area contributed by atoms with Gasteiger partial charge in [-0.15, -0.1) is 0 Å². The van der Waals surface area contributed by atoms with Crippen LogP contribution in [0.5, 0.6) is 0 Å². The van der Waals surface area contributed by atoms with Gasteiger partial charge in [-0.2, -0.15) is 0 Å². The van der Waals surface area contributed by atoms with Gasteiger partial charge in [0.2, 0.25) is 0 Å². The van der Waals surface area contributed by atoms with Gasteiger partial charge in [0.25, 0.3) is 0 Å². The first-order valence-corrected chi connectivity index (χ1v) is 6.90. The normalized spacial score (nSPS) is 10.8. The van der Waals surface area contributed by atoms with E-state index in [9.17, 15) is 9.18 Å². The minimum atomic E-state index is -0.498. The zero-order valence-corrected chi connectivity index (χ0v) is 12.6. The average molecular weight is 351 g/mol. The predicted molar refractivity (Wildman–Crippen MR) is 82.0 cm³/mol. The van der Waals surface area contributed by atoms with Crippen LogP contribution in [0.15, 0.2) is 58.0 Å². The van der Waals surface area contributed by atoms with Gasteiger partial charge >= 0.3 is 5.97 Å². The molecule has 0 atom stereocenters. The third-order valence-electron chi connectivity index (χ3n) is 2.55. The first-order chi connectivity index (χ1) is 10.1. The third-order valence-corrected chi connectivity index (χ3v) is 3.04. The number of furan rings is 1. The molecule has 0 radical (unpaired) electrons. The van der Waals surface area contributed by atoms with Gasteiger partial charge in [-0.25, -0.2) is 9.18 Å². The predicted octanol–water partition coefficient (Wildman–Crippen LogP) is 4.59. The SMILES string of the molecule is C=CCOC(=O)/C=C/c1ccc(-c2ccc(Br)cc2F)o1. The largest absolute Gasteiger partial charge is 0.458 e. The van der Waals surface area contributed by atoms with E-state index in [2.05, 4.69) is 22.5 Å². The molecule has 0 spiro atoms. The van der Waals surface area contributed by atoms with Crippen LogP contribution in [-0.2, 0) is 9.53 Å². The molecule has 1 aromatic carbocycles. The van der Waals surface area contributed by atoms with E-state index in [1.165, 1.54) is 24.3 Å². The Morgan fingerprint density at radius 1 is 1.38 bits per heavy atom. The fourth-order valence-corrected chi connectivity index (χ4v) is 1.95. The monoisotopic (exact) mass is 350 g/mol. The molecule has 0 saturated heterocycles. The Balaban J connectivity index is 2.12. The smallest absolute Gasteiger partial charge is 0.331 e. The zero-order chi connectivity index (χ0) is 15.2. The maximum absolute atomic E-state index is 13.8. The summed E-state index contributed by atoms with van der Waals surface area (Å²) >= 11 is 3.20. The number of hydrogen-bond acceptors (Lipinski definition) is 3. The van der Waals surface area contributed by atoms with Gasteiger partial charge in [0.1, 0.15) is 23.9 Å². The van der Waals surface area contributed by atoms with Crippen LogP contribution >= 0.6 is 15.9 Å². The second kappa shape index (κ2) is 7.04. The van der Waals surface area contributed by atoms with Crippen LogP contribution in [0, 0.1) is 5.82 Å². The molecule has 0 aliphatic heterocycles. The van der Waals surface area contributed by atoms with Crippen LogP contribution < -0.4 is 0 Å². The standard InChI is InChI=1S/C16H12BrFO3/c1-2-9-20-16(19)8-5-12-4-7-15(21-12)13-6-3-11(17)10-14(13)18/h2-8,10H,1,9H2/b8-5+. The second-order valence-corrected chi connectivity index (χ2v) is 4.99. The van der Waals surface area contributed by atoms with Gasteiger partial charge in [-0.1, -0.05) is 28.6 Å². The molecule has 0 saturated carbocycles. The Labute approximate surface area is 129 Å². The summed E-state index contributed by atoms with van der Waals surface area (Å²) in [5, 5.41) is 0. The van der Waals surface area contributed by atoms with Gasteiger partial charge < -0.3 is 9.15 Å². The number of esters is 1. The summed E-state index contributed by atoms with van der Waals surface area (Å²) < 4.78 is 24.7. The summed E-state index contributed by atoms with van der Waals surface area (Å²) in [4.78, 5) is 11.3. The summed E-state index contributed by atoms with van der Waals surface area (Å²) in [6, 6.07) is 7.99. The van der Waals surface area contributed by atoms with Crippen molar-refractivity contribution in [3.63, 3.8) is 0 Å². The number of carbonyl (C=O) groups is 1. The van der Waals surface area contributed by atoms with Crippen molar-refractivity contribution in [3.05, 3.63) is 65.1 Å². The molecule has 0 amide bonds. The molecule has 2 aromatic rings. The van der Waals surface area contributed by atoms with Gasteiger partial charge in [0, 0.05) is 10.5 Å². The number of benzene rings is 1. The molecule has 0 aliphatic carbocycles. The van der Waals surface area contributed by atoms with Gasteiger partial charge in [0.05, 0.1) is 5.56 Å². The minimum absolute atomic E-state index is 0.149. The Morgan fingerprint density at radius 3 is 2.90 bits per heavy atom. The van der Waals surface area contributed by atoms with Crippen molar-refractivity contribution < 1.29 is 18.3 Å². The lowest BCUT2D eigenvalue weighted by Crippen LogP contribution is -1.99. The van der Waals surface area contributed by atoms with Crippen LogP contribution in [0.4, 0.5) is 4.39 Å². The molecule has 1 aromatic heterocycles. The lowest BCUT2D eigenvalue weighted by Gasteiger charge is -1.99. The van der Waals surface area contributed by atoms with Crippen LogP contribution in [0.25, 0.3) is 17.4 Å². The molecule has 2 rings (SSSR count). The Bertz CT molecular complexity index is 689. The highest BCUT2D eigenvalue weighted by atomic mass is 79.9. The lowest BCUT2D eigenvalue weighted by atomic mass is 10.1. The van der Waals surface area contributed by atoms with Gasteiger partial charge in [0.15, 0.2) is 0 Å². The second-order valence-electron chi connectivity index (χ2n) is 4.08. The van der Waals surface area contributed by atoms with Crippen molar-refractivity contribution in [2.45, 2.75) is 0 Å². The molecule has 21 heavy (non-hydrogen) atoms. The van der Waals surface area contributed by atoms with Crippen LogP contribution in [-0.4, -0.2) is 12.6 Å². The van der Waals surface area contributed by atoms with Crippen LogP contribution in [0.1, 0.15) is 5.76 Å². The number of halogens is 2. The molecule has 0 fully saturated rings. The maximum atomic E-state index is 13.8. The third kappa shape index (κ3) is 4.16. The van der Waals surface area contributed by atoms with E-state index in [0.717, 1.165) is 0 Å². The Kier molecular flexibility index (Phi) is 5.11. The first kappa shape index (κ1) is 15.3. The van der Waals surface area contributed by atoms with E-state index in [4.69, 9.17) is 9.15 Å². The van der Waals surface area contributed by atoms with Gasteiger partial charge in [-0.05, 0) is 36.4 Å². The van der Waals surface area contributed by atoms with Crippen molar-refractivity contribution >= 4 is 28.0 Å². The van der Waals surface area contributed by atoms with Crippen molar-refractivity contribution in [2.75, 3.05) is 6.61 Å². The molecular weight excluding hydrogens is 339 g/mol. The van der Waals surface area contributed by atoms with Crippen LogP contribution in [0.2, 0.25) is 0 Å². The first-order valence-electron chi connectivity index (χ1n) is 6.11. The molecule has 0 N–H and O–H groups in total. The quantitative estimate of drug-likeness (QED) is 0.449. The molecule has 0 aliphatic rings. The highest BCUT2D eigenvalue weighted by molar-refractivity contribution is 9.10. The number of rotatable bonds is 5. The summed E-state index contributed by atoms with van der Waals surface area (Å²) in [5.74, 6) is -0.0655. The van der Waals surface area contributed by atoms with Gasteiger partial charge in [-0.3, -0.25) is 0 Å². The van der Waals surface area contributed by atoms with E-state index in [-0.39, 0.29) is 12.4 Å². The highest BCUT2D eigenvalue weighted by Crippen LogP contribution is 2.27. The zero-order valence-electron chi connectivity index (χ0n) is 11.0. The number of hydrogen-bond donors (Lipinski definition) is 0. The molecular formula is C16H12BrFO3. The van der Waals surface area contributed by atoms with Crippen molar-refractivity contribution in [2.24, 2.45) is 0 Å². The topological polar surface area (TPSA) is 39.4 Å². The summed E-state index contributed by atoms with van der Waals surface area (Å²) in [7, 11) is 0. The molecule has 5 heteroatoms. The fourth-order valence-electron chi connectivity index (χ4n) is 1.62. The summed E-state index contributed by atoms with van der Waals surface area (Å²) in [5.41, 5.74) is 0.354.